The number of fused-ring (bicyclic) bond motifs is 2. The second-order valence-electron chi connectivity index (χ2n) is 10.9. The molecule has 2 aliphatic heterocycles. The van der Waals surface area contributed by atoms with Crippen molar-refractivity contribution in [2.24, 2.45) is 0 Å². The smallest absolute Gasteiger partial charge is 0.421 e. The molecule has 232 valence electrons. The van der Waals surface area contributed by atoms with E-state index in [0.29, 0.717) is 48.4 Å². The van der Waals surface area contributed by atoms with Crippen LogP contribution in [0, 0.1) is 17.5 Å². The van der Waals surface area contributed by atoms with Crippen LogP contribution in [-0.4, -0.2) is 49.8 Å². The van der Waals surface area contributed by atoms with Gasteiger partial charge in [-0.1, -0.05) is 0 Å². The fourth-order valence-corrected chi connectivity index (χ4v) is 5.55. The van der Waals surface area contributed by atoms with Gasteiger partial charge in [-0.2, -0.15) is 13.2 Å². The Morgan fingerprint density at radius 1 is 1.11 bits per heavy atom. The molecule has 0 unspecified atom stereocenters. The lowest BCUT2D eigenvalue weighted by Gasteiger charge is -2.35. The number of ether oxygens (including phenoxy) is 2. The third kappa shape index (κ3) is 5.71. The fourth-order valence-electron chi connectivity index (χ4n) is 5.55. The molecule has 0 spiro atoms. The Morgan fingerprint density at radius 3 is 2.55 bits per heavy atom. The lowest BCUT2D eigenvalue weighted by molar-refractivity contribution is -0.139. The first-order valence-electron chi connectivity index (χ1n) is 13.8. The van der Waals surface area contributed by atoms with Gasteiger partial charge < -0.3 is 19.1 Å². The minimum absolute atomic E-state index is 0.00559. The molecule has 1 fully saturated rings. The quantitative estimate of drug-likeness (QED) is 0.240. The normalized spacial score (nSPS) is 18.7. The molecule has 44 heavy (non-hydrogen) atoms. The summed E-state index contributed by atoms with van der Waals surface area (Å²) in [7, 11) is 0. The number of carboxylic acids is 1. The van der Waals surface area contributed by atoms with E-state index >= 15 is 0 Å². The number of hydrogen-bond donors (Lipinski definition) is 1. The fraction of sp³-hybridized carbons (Fsp3) is 0.367. The number of aromatic carboxylic acids is 1. The zero-order valence-corrected chi connectivity index (χ0v) is 23.3. The topological polar surface area (TPSA) is 89.7 Å². The van der Waals surface area contributed by atoms with Gasteiger partial charge in [0.15, 0.2) is 5.82 Å². The Bertz CT molecular complexity index is 1750. The van der Waals surface area contributed by atoms with Gasteiger partial charge in [-0.05, 0) is 55.7 Å². The molecule has 4 aromatic rings. The Hall–Kier alpha value is -4.17. The minimum atomic E-state index is -4.80. The number of rotatable bonds is 8. The number of benzene rings is 2. The van der Waals surface area contributed by atoms with E-state index in [-0.39, 0.29) is 35.7 Å². The number of alkyl halides is 3. The largest absolute Gasteiger partial charge is 0.478 e. The van der Waals surface area contributed by atoms with Crippen LogP contribution >= 0.6 is 0 Å². The highest BCUT2D eigenvalue weighted by molar-refractivity contribution is 5.92. The van der Waals surface area contributed by atoms with Gasteiger partial charge in [-0.25, -0.2) is 27.9 Å². The van der Waals surface area contributed by atoms with Crippen molar-refractivity contribution in [1.29, 1.82) is 0 Å². The Balaban J connectivity index is 1.32. The zero-order chi connectivity index (χ0) is 31.3. The molecule has 8 nitrogen and oxygen atoms in total. The number of pyridine rings is 1. The van der Waals surface area contributed by atoms with Gasteiger partial charge >= 0.3 is 12.1 Å². The van der Waals surface area contributed by atoms with E-state index in [1.807, 2.05) is 4.90 Å². The standard InChI is InChI=1S/C30H26F6N4O4/c1-15-26-16(8-21(30(34,35)36)28(38-26)44-14-17-2-3-19(31)11-22(17)32)4-6-39(15)13-25-37-27-23(33)9-18(29(41)42)10-24(27)40(25)12-20-5-7-43-20/h2-3,8-11,15,20H,4-7,12-14H2,1H3,(H,41,42)/t15-,20-/m0/s1. The third-order valence-corrected chi connectivity index (χ3v) is 8.05. The van der Waals surface area contributed by atoms with Crippen LogP contribution < -0.4 is 4.74 Å². The number of carboxylic acid groups (broad SMARTS) is 1. The van der Waals surface area contributed by atoms with Gasteiger partial charge in [0.25, 0.3) is 0 Å². The molecular formula is C30H26F6N4O4. The van der Waals surface area contributed by atoms with Crippen LogP contribution in [0.1, 0.15) is 58.0 Å². The van der Waals surface area contributed by atoms with E-state index in [2.05, 4.69) is 9.97 Å². The number of hydrogen-bond acceptors (Lipinski definition) is 6. The second-order valence-corrected chi connectivity index (χ2v) is 10.9. The summed E-state index contributed by atoms with van der Waals surface area (Å²) in [6, 6.07) is 5.40. The van der Waals surface area contributed by atoms with Crippen LogP contribution in [0.3, 0.4) is 0 Å². The van der Waals surface area contributed by atoms with E-state index in [4.69, 9.17) is 9.47 Å². The first kappa shape index (κ1) is 29.9. The molecule has 2 aliphatic rings. The van der Waals surface area contributed by atoms with Gasteiger partial charge in [0.05, 0.1) is 42.0 Å². The second kappa shape index (κ2) is 11.4. The van der Waals surface area contributed by atoms with Crippen molar-refractivity contribution in [1.82, 2.24) is 19.4 Å². The molecular weight excluding hydrogens is 594 g/mol. The molecule has 0 aliphatic carbocycles. The van der Waals surface area contributed by atoms with Gasteiger partial charge in [-0.3, -0.25) is 4.90 Å². The highest BCUT2D eigenvalue weighted by Gasteiger charge is 2.39. The molecule has 0 amide bonds. The molecule has 1 saturated heterocycles. The van der Waals surface area contributed by atoms with E-state index in [1.54, 1.807) is 11.5 Å². The van der Waals surface area contributed by atoms with Crippen LogP contribution in [0.5, 0.6) is 5.88 Å². The predicted molar refractivity (Wildman–Crippen MR) is 143 cm³/mol. The molecule has 2 aromatic heterocycles. The molecule has 2 atom stereocenters. The maximum Gasteiger partial charge on any atom is 0.421 e. The lowest BCUT2D eigenvalue weighted by atomic mass is 9.97. The Morgan fingerprint density at radius 2 is 1.89 bits per heavy atom. The molecule has 1 N–H and O–H groups in total. The summed E-state index contributed by atoms with van der Waals surface area (Å²) >= 11 is 0. The molecule has 0 saturated carbocycles. The molecule has 0 radical (unpaired) electrons. The summed E-state index contributed by atoms with van der Waals surface area (Å²) in [6.45, 7) is 2.54. The number of halogens is 6. The molecule has 4 heterocycles. The number of imidazole rings is 1. The first-order chi connectivity index (χ1) is 20.9. The van der Waals surface area contributed by atoms with Crippen molar-refractivity contribution in [3.05, 3.63) is 87.6 Å². The highest BCUT2D eigenvalue weighted by Crippen LogP contribution is 2.40. The third-order valence-electron chi connectivity index (χ3n) is 8.05. The lowest BCUT2D eigenvalue weighted by Crippen LogP contribution is -2.36. The Kier molecular flexibility index (Phi) is 7.74. The Labute approximate surface area is 246 Å². The minimum Gasteiger partial charge on any atom is -0.478 e. The molecule has 6 rings (SSSR count). The average molecular weight is 621 g/mol. The summed E-state index contributed by atoms with van der Waals surface area (Å²) < 4.78 is 97.0. The average Bonchev–Trinajstić information content (AvgIpc) is 3.28. The summed E-state index contributed by atoms with van der Waals surface area (Å²) in [5, 5.41) is 9.46. The monoisotopic (exact) mass is 620 g/mol. The maximum absolute atomic E-state index is 15.0. The van der Waals surface area contributed by atoms with E-state index in [0.717, 1.165) is 30.7 Å². The van der Waals surface area contributed by atoms with Crippen molar-refractivity contribution in [3.63, 3.8) is 0 Å². The number of aromatic nitrogens is 3. The van der Waals surface area contributed by atoms with Crippen LogP contribution in [0.4, 0.5) is 26.3 Å². The highest BCUT2D eigenvalue weighted by atomic mass is 19.4. The van der Waals surface area contributed by atoms with Crippen molar-refractivity contribution in [2.45, 2.75) is 57.8 Å². The van der Waals surface area contributed by atoms with Crippen molar-refractivity contribution in [2.75, 3.05) is 13.2 Å². The first-order valence-corrected chi connectivity index (χ1v) is 13.8. The molecule has 0 bridgehead atoms. The SMILES string of the molecule is C[C@H]1c2nc(OCc3ccc(F)cc3F)c(C(F)(F)F)cc2CCN1Cc1nc2c(F)cc(C(=O)O)cc2n1C[C@@H]1CCO1. The van der Waals surface area contributed by atoms with Crippen LogP contribution in [0.25, 0.3) is 11.0 Å². The number of carbonyl (C=O) groups is 1. The van der Waals surface area contributed by atoms with Gasteiger partial charge in [0.2, 0.25) is 5.88 Å². The predicted octanol–water partition coefficient (Wildman–Crippen LogP) is 6.05. The van der Waals surface area contributed by atoms with Crippen molar-refractivity contribution in [3.8, 4) is 5.88 Å². The van der Waals surface area contributed by atoms with Gasteiger partial charge in [0, 0.05) is 24.8 Å². The van der Waals surface area contributed by atoms with Crippen molar-refractivity contribution >= 4 is 17.0 Å². The maximum atomic E-state index is 15.0. The summed E-state index contributed by atoms with van der Waals surface area (Å²) in [5.74, 6) is -4.16. The van der Waals surface area contributed by atoms with Crippen LogP contribution in [-0.2, 0) is 37.0 Å². The van der Waals surface area contributed by atoms with Crippen LogP contribution in [0.2, 0.25) is 0 Å². The summed E-state index contributed by atoms with van der Waals surface area (Å²) in [6.07, 6.45) is -3.97. The van der Waals surface area contributed by atoms with E-state index < -0.39 is 53.7 Å². The number of nitrogens with zero attached hydrogens (tertiary/aromatic N) is 4. The zero-order valence-electron chi connectivity index (χ0n) is 23.3. The summed E-state index contributed by atoms with van der Waals surface area (Å²) in [5.41, 5.74) is -0.471. The summed E-state index contributed by atoms with van der Waals surface area (Å²) in [4.78, 5) is 22.3. The molecule has 14 heteroatoms. The van der Waals surface area contributed by atoms with E-state index in [1.165, 1.54) is 6.07 Å². The molecule has 2 aromatic carbocycles. The van der Waals surface area contributed by atoms with E-state index in [9.17, 15) is 36.2 Å². The van der Waals surface area contributed by atoms with Crippen LogP contribution in [0.15, 0.2) is 36.4 Å². The van der Waals surface area contributed by atoms with Gasteiger partial charge in [0.1, 0.15) is 35.1 Å². The van der Waals surface area contributed by atoms with Gasteiger partial charge in [-0.15, -0.1) is 0 Å². The van der Waals surface area contributed by atoms with Crippen molar-refractivity contribution < 1.29 is 45.7 Å².